The van der Waals surface area contributed by atoms with Crippen molar-refractivity contribution in [3.8, 4) is 0 Å². The van der Waals surface area contributed by atoms with E-state index in [1.165, 1.54) is 0 Å². The summed E-state index contributed by atoms with van der Waals surface area (Å²) < 4.78 is 5.25. The predicted molar refractivity (Wildman–Crippen MR) is 66.7 cm³/mol. The monoisotopic (exact) mass is 243 g/mol. The van der Waals surface area contributed by atoms with Gasteiger partial charge in [0, 0.05) is 11.5 Å². The van der Waals surface area contributed by atoms with Crippen LogP contribution < -0.4 is 5.32 Å². The minimum Gasteiger partial charge on any atom is -0.444 e. The van der Waals surface area contributed by atoms with E-state index < -0.39 is 11.7 Å². The number of nitrogens with one attached hydrogen (secondary N) is 1. The van der Waals surface area contributed by atoms with Gasteiger partial charge in [0.2, 0.25) is 0 Å². The number of aliphatic hydroxyl groups excluding tert-OH is 1. The van der Waals surface area contributed by atoms with Crippen molar-refractivity contribution >= 4 is 6.09 Å². The van der Waals surface area contributed by atoms with Crippen LogP contribution in [0.25, 0.3) is 0 Å². The van der Waals surface area contributed by atoms with Crippen molar-refractivity contribution in [2.75, 3.05) is 6.61 Å². The average Bonchev–Trinajstić information content (AvgIpc) is 2.94. The third-order valence-corrected chi connectivity index (χ3v) is 3.02. The molecule has 100 valence electrons. The van der Waals surface area contributed by atoms with Crippen molar-refractivity contribution in [2.24, 2.45) is 11.3 Å². The Bertz CT molecular complexity index is 277. The largest absolute Gasteiger partial charge is 0.444 e. The van der Waals surface area contributed by atoms with Crippen LogP contribution in [0.4, 0.5) is 4.79 Å². The molecule has 0 aromatic rings. The number of amides is 1. The molecule has 2 N–H and O–H groups in total. The highest BCUT2D eigenvalue weighted by molar-refractivity contribution is 5.68. The van der Waals surface area contributed by atoms with Gasteiger partial charge in [-0.3, -0.25) is 0 Å². The molecule has 0 spiro atoms. The van der Waals surface area contributed by atoms with Crippen molar-refractivity contribution in [1.29, 1.82) is 0 Å². The summed E-state index contributed by atoms with van der Waals surface area (Å²) in [5, 5.41) is 12.3. The Hall–Kier alpha value is -0.770. The third kappa shape index (κ3) is 4.54. The second kappa shape index (κ2) is 4.84. The number of hydrogen-bond donors (Lipinski definition) is 2. The summed E-state index contributed by atoms with van der Waals surface area (Å²) in [6, 6.07) is -0.0117. The summed E-state index contributed by atoms with van der Waals surface area (Å²) in [7, 11) is 0. The molecule has 1 saturated carbocycles. The molecule has 1 aliphatic rings. The summed E-state index contributed by atoms with van der Waals surface area (Å²) in [5.41, 5.74) is -0.792. The molecule has 1 amide bonds. The molecule has 4 nitrogen and oxygen atoms in total. The topological polar surface area (TPSA) is 58.6 Å². The Labute approximate surface area is 104 Å². The number of alkyl carbamates (subject to hydrolysis) is 1. The van der Waals surface area contributed by atoms with Crippen molar-refractivity contribution in [3.63, 3.8) is 0 Å². The predicted octanol–water partition coefficient (Wildman–Crippen LogP) is 2.31. The lowest BCUT2D eigenvalue weighted by Gasteiger charge is -2.34. The van der Waals surface area contributed by atoms with Gasteiger partial charge in [0.1, 0.15) is 5.60 Å². The molecule has 17 heavy (non-hydrogen) atoms. The van der Waals surface area contributed by atoms with Gasteiger partial charge in [0.15, 0.2) is 0 Å². The quantitative estimate of drug-likeness (QED) is 0.796. The van der Waals surface area contributed by atoms with E-state index in [4.69, 9.17) is 4.74 Å². The van der Waals surface area contributed by atoms with E-state index in [-0.39, 0.29) is 18.1 Å². The molecule has 1 atom stereocenters. The zero-order valence-electron chi connectivity index (χ0n) is 11.5. The number of carbonyl (C=O) groups is 1. The standard InChI is InChI=1S/C13H25NO3/c1-12(2,3)17-11(16)14-10(9-6-7-9)13(4,5)8-15/h9-10,15H,6-8H2,1-5H3,(H,14,16). The number of rotatable bonds is 4. The lowest BCUT2D eigenvalue weighted by atomic mass is 9.82. The minimum atomic E-state index is -0.485. The lowest BCUT2D eigenvalue weighted by molar-refractivity contribution is 0.0384. The molecular weight excluding hydrogens is 218 g/mol. The van der Waals surface area contributed by atoms with Crippen molar-refractivity contribution in [1.82, 2.24) is 5.32 Å². The lowest BCUT2D eigenvalue weighted by Crippen LogP contribution is -2.49. The molecule has 0 aliphatic heterocycles. The molecule has 0 aromatic heterocycles. The summed E-state index contributed by atoms with van der Waals surface area (Å²) in [5.74, 6) is 0.477. The second-order valence-corrected chi connectivity index (χ2v) is 6.61. The number of aliphatic hydroxyl groups is 1. The Morgan fingerprint density at radius 1 is 1.35 bits per heavy atom. The van der Waals surface area contributed by atoms with E-state index in [1.807, 2.05) is 34.6 Å². The van der Waals surface area contributed by atoms with E-state index in [1.54, 1.807) is 0 Å². The van der Waals surface area contributed by atoms with Crippen LogP contribution >= 0.6 is 0 Å². The maximum atomic E-state index is 11.7. The maximum absolute atomic E-state index is 11.7. The van der Waals surface area contributed by atoms with Crippen molar-refractivity contribution in [2.45, 2.75) is 59.1 Å². The maximum Gasteiger partial charge on any atom is 0.407 e. The molecule has 0 aromatic carbocycles. The van der Waals surface area contributed by atoms with Crippen molar-refractivity contribution in [3.05, 3.63) is 0 Å². The van der Waals surface area contributed by atoms with E-state index in [9.17, 15) is 9.90 Å². The molecular formula is C13H25NO3. The molecule has 0 radical (unpaired) electrons. The van der Waals surface area contributed by atoms with Gasteiger partial charge in [-0.05, 0) is 39.5 Å². The first-order chi connectivity index (χ1) is 7.65. The summed E-state index contributed by atoms with van der Waals surface area (Å²) >= 11 is 0. The number of hydrogen-bond acceptors (Lipinski definition) is 3. The molecule has 0 heterocycles. The molecule has 0 saturated heterocycles. The highest BCUT2D eigenvalue weighted by Gasteiger charge is 2.42. The average molecular weight is 243 g/mol. The normalized spacial score (nSPS) is 18.7. The van der Waals surface area contributed by atoms with Crippen LogP contribution in [0.1, 0.15) is 47.5 Å². The van der Waals surface area contributed by atoms with Gasteiger partial charge >= 0.3 is 6.09 Å². The van der Waals surface area contributed by atoms with Crippen LogP contribution in [0.5, 0.6) is 0 Å². The first-order valence-electron chi connectivity index (χ1n) is 6.26. The summed E-state index contributed by atoms with van der Waals surface area (Å²) in [6.45, 7) is 9.52. The van der Waals surface area contributed by atoms with E-state index >= 15 is 0 Å². The zero-order valence-corrected chi connectivity index (χ0v) is 11.5. The van der Waals surface area contributed by atoms with Gasteiger partial charge in [-0.25, -0.2) is 4.79 Å². The fraction of sp³-hybridized carbons (Fsp3) is 0.923. The Morgan fingerprint density at radius 2 is 1.88 bits per heavy atom. The van der Waals surface area contributed by atoms with Crippen LogP contribution in [0.3, 0.4) is 0 Å². The summed E-state index contributed by atoms with van der Waals surface area (Å²) in [4.78, 5) is 11.7. The molecule has 1 unspecified atom stereocenters. The minimum absolute atomic E-state index is 0.0117. The molecule has 1 fully saturated rings. The smallest absolute Gasteiger partial charge is 0.407 e. The van der Waals surface area contributed by atoms with Crippen LogP contribution in [-0.4, -0.2) is 29.4 Å². The van der Waals surface area contributed by atoms with Gasteiger partial charge in [0.25, 0.3) is 0 Å². The first kappa shape index (κ1) is 14.3. The Morgan fingerprint density at radius 3 is 2.24 bits per heavy atom. The molecule has 4 heteroatoms. The van der Waals surface area contributed by atoms with Gasteiger partial charge in [0.05, 0.1) is 6.61 Å². The number of ether oxygens (including phenoxy) is 1. The van der Waals surface area contributed by atoms with E-state index in [0.717, 1.165) is 12.8 Å². The van der Waals surface area contributed by atoms with Crippen LogP contribution in [0.2, 0.25) is 0 Å². The van der Waals surface area contributed by atoms with E-state index in [0.29, 0.717) is 5.92 Å². The Balaban J connectivity index is 2.59. The summed E-state index contributed by atoms with van der Waals surface area (Å²) in [6.07, 6.45) is 1.84. The Kier molecular flexibility index (Phi) is 4.07. The second-order valence-electron chi connectivity index (χ2n) is 6.61. The SMILES string of the molecule is CC(C)(C)OC(=O)NC(C1CC1)C(C)(C)CO. The first-order valence-corrected chi connectivity index (χ1v) is 6.26. The van der Waals surface area contributed by atoms with Crippen LogP contribution in [-0.2, 0) is 4.74 Å². The molecule has 0 bridgehead atoms. The number of carbonyl (C=O) groups excluding carboxylic acids is 1. The third-order valence-electron chi connectivity index (χ3n) is 3.02. The highest BCUT2D eigenvalue weighted by Crippen LogP contribution is 2.40. The van der Waals surface area contributed by atoms with Gasteiger partial charge in [-0.1, -0.05) is 13.8 Å². The zero-order chi connectivity index (χ0) is 13.3. The highest BCUT2D eigenvalue weighted by atomic mass is 16.6. The fourth-order valence-electron chi connectivity index (χ4n) is 1.91. The van der Waals surface area contributed by atoms with Crippen LogP contribution in [0.15, 0.2) is 0 Å². The molecule has 1 aliphatic carbocycles. The van der Waals surface area contributed by atoms with Gasteiger partial charge in [-0.2, -0.15) is 0 Å². The molecule has 1 rings (SSSR count). The van der Waals surface area contributed by atoms with E-state index in [2.05, 4.69) is 5.32 Å². The van der Waals surface area contributed by atoms with Crippen LogP contribution in [0, 0.1) is 11.3 Å². The fourth-order valence-corrected chi connectivity index (χ4v) is 1.91. The van der Waals surface area contributed by atoms with Gasteiger partial charge in [-0.15, -0.1) is 0 Å². The van der Waals surface area contributed by atoms with Crippen molar-refractivity contribution < 1.29 is 14.6 Å². The van der Waals surface area contributed by atoms with Gasteiger partial charge < -0.3 is 15.2 Å².